The van der Waals surface area contributed by atoms with Gasteiger partial charge in [0.05, 0.1) is 6.10 Å². The molecule has 0 saturated carbocycles. The summed E-state index contributed by atoms with van der Waals surface area (Å²) in [6, 6.07) is 5.43. The normalized spacial score (nSPS) is 24.7. The van der Waals surface area contributed by atoms with Crippen LogP contribution >= 0.6 is 23.2 Å². The molecule has 1 aromatic carbocycles. The van der Waals surface area contributed by atoms with Gasteiger partial charge in [-0.05, 0) is 37.1 Å². The van der Waals surface area contributed by atoms with Crippen molar-refractivity contribution >= 4 is 23.2 Å². The summed E-state index contributed by atoms with van der Waals surface area (Å²) in [5, 5.41) is 1.24. The first kappa shape index (κ1) is 17.8. The molecule has 0 aliphatic carbocycles. The van der Waals surface area contributed by atoms with Crippen molar-refractivity contribution in [1.82, 2.24) is 0 Å². The molecule has 3 atom stereocenters. The third kappa shape index (κ3) is 5.28. The molecule has 5 heteroatoms. The zero-order chi connectivity index (χ0) is 12.4. The summed E-state index contributed by atoms with van der Waals surface area (Å²) < 4.78 is 11.2. The van der Waals surface area contributed by atoms with Gasteiger partial charge in [0.1, 0.15) is 6.29 Å². The predicted octanol–water partition coefficient (Wildman–Crippen LogP) is 1.62. The number of hydrogen-bond acceptors (Lipinski definition) is 2. The monoisotopic (exact) mass is 406 g/mol. The molecule has 1 fully saturated rings. The second-order valence-corrected chi connectivity index (χ2v) is 5.27. The molecule has 0 amide bonds. The molecule has 0 radical (unpaired) electrons. The largest absolute Gasteiger partial charge is 1.00 e. The van der Waals surface area contributed by atoms with E-state index in [1.165, 1.54) is 0 Å². The minimum atomic E-state index is -0.169. The topological polar surface area (TPSA) is 18.5 Å². The van der Waals surface area contributed by atoms with Gasteiger partial charge in [-0.3, -0.25) is 0 Å². The molecule has 1 aliphatic rings. The second kappa shape index (κ2) is 8.27. The SMILES string of the molecule is C[C@H](OC1C[C@@H](C)[CH-]O1)c1cc(Cl)cc(Cl)c1.[Cs+]. The van der Waals surface area contributed by atoms with Gasteiger partial charge in [-0.2, -0.15) is 0 Å². The Hall–Kier alpha value is 1.77. The van der Waals surface area contributed by atoms with E-state index in [4.69, 9.17) is 32.7 Å². The van der Waals surface area contributed by atoms with Gasteiger partial charge in [0.25, 0.3) is 0 Å². The van der Waals surface area contributed by atoms with Crippen molar-refractivity contribution in [3.05, 3.63) is 40.4 Å². The molecule has 2 rings (SSSR count). The van der Waals surface area contributed by atoms with E-state index in [0.29, 0.717) is 16.0 Å². The Labute approximate surface area is 177 Å². The zero-order valence-corrected chi connectivity index (χ0v) is 18.6. The van der Waals surface area contributed by atoms with Gasteiger partial charge in [-0.1, -0.05) is 30.1 Å². The average Bonchev–Trinajstić information content (AvgIpc) is 2.62. The molecule has 18 heavy (non-hydrogen) atoms. The third-order valence-corrected chi connectivity index (χ3v) is 3.17. The van der Waals surface area contributed by atoms with Crippen LogP contribution in [-0.4, -0.2) is 6.29 Å². The van der Waals surface area contributed by atoms with Crippen LogP contribution in [0.1, 0.15) is 31.9 Å². The van der Waals surface area contributed by atoms with Crippen LogP contribution in [0, 0.1) is 12.5 Å². The van der Waals surface area contributed by atoms with Crippen LogP contribution in [0.25, 0.3) is 0 Å². The second-order valence-electron chi connectivity index (χ2n) is 4.40. The first-order chi connectivity index (χ1) is 8.04. The summed E-state index contributed by atoms with van der Waals surface area (Å²) in [5.41, 5.74) is 0.964. The summed E-state index contributed by atoms with van der Waals surface area (Å²) in [7, 11) is 0. The van der Waals surface area contributed by atoms with Gasteiger partial charge in [0, 0.05) is 10.0 Å². The standard InChI is InChI=1S/C13H15Cl2O2.Cs/c1-8-3-13(16-7-8)17-9(2)10-4-11(14)6-12(15)5-10;/h4-9,13H,3H2,1-2H3;/q-1;+1/t8-,9+,13?;/m1./s1. The van der Waals surface area contributed by atoms with E-state index < -0.39 is 0 Å². The van der Waals surface area contributed by atoms with Gasteiger partial charge in [-0.25, -0.2) is 6.61 Å². The van der Waals surface area contributed by atoms with Crippen LogP contribution in [0.2, 0.25) is 10.0 Å². The third-order valence-electron chi connectivity index (χ3n) is 2.74. The zero-order valence-electron chi connectivity index (χ0n) is 10.8. The van der Waals surface area contributed by atoms with Crippen LogP contribution in [0.3, 0.4) is 0 Å². The maximum Gasteiger partial charge on any atom is 1.00 e. The smallest absolute Gasteiger partial charge is 0.529 e. The van der Waals surface area contributed by atoms with Gasteiger partial charge >= 0.3 is 68.9 Å². The van der Waals surface area contributed by atoms with E-state index >= 15 is 0 Å². The molecule has 1 unspecified atom stereocenters. The summed E-state index contributed by atoms with van der Waals surface area (Å²) in [5.74, 6) is 0.440. The maximum absolute atomic E-state index is 5.96. The van der Waals surface area contributed by atoms with E-state index in [9.17, 15) is 0 Å². The van der Waals surface area contributed by atoms with Crippen molar-refractivity contribution in [1.29, 1.82) is 0 Å². The molecule has 0 spiro atoms. The Morgan fingerprint density at radius 2 is 1.94 bits per heavy atom. The van der Waals surface area contributed by atoms with Crippen LogP contribution in [0.5, 0.6) is 0 Å². The minimum Gasteiger partial charge on any atom is -0.529 e. The van der Waals surface area contributed by atoms with Crippen LogP contribution < -0.4 is 68.9 Å². The molecule has 1 aromatic rings. The molecule has 1 saturated heterocycles. The fraction of sp³-hybridized carbons (Fsp3) is 0.462. The van der Waals surface area contributed by atoms with Crippen molar-refractivity contribution in [3.8, 4) is 0 Å². The molecule has 1 aliphatic heterocycles. The van der Waals surface area contributed by atoms with Crippen LogP contribution in [0.15, 0.2) is 18.2 Å². The Balaban J connectivity index is 0.00000162. The van der Waals surface area contributed by atoms with E-state index in [-0.39, 0.29) is 81.3 Å². The molecule has 1 heterocycles. The Kier molecular flexibility index (Phi) is 8.19. The molecule has 0 aromatic heterocycles. The van der Waals surface area contributed by atoms with Gasteiger partial charge in [-0.15, -0.1) is 5.92 Å². The summed E-state index contributed by atoms with van der Waals surface area (Å²) in [4.78, 5) is 0. The Morgan fingerprint density at radius 1 is 1.33 bits per heavy atom. The number of halogens is 2. The van der Waals surface area contributed by atoms with Crippen molar-refractivity contribution in [2.45, 2.75) is 32.7 Å². The van der Waals surface area contributed by atoms with Crippen molar-refractivity contribution < 1.29 is 78.4 Å². The molecule has 2 nitrogen and oxygen atoms in total. The van der Waals surface area contributed by atoms with E-state index in [0.717, 1.165) is 12.0 Å². The minimum absolute atomic E-state index is 0. The fourth-order valence-corrected chi connectivity index (χ4v) is 2.38. The Morgan fingerprint density at radius 3 is 2.44 bits per heavy atom. The van der Waals surface area contributed by atoms with Gasteiger partial charge < -0.3 is 9.47 Å². The first-order valence-electron chi connectivity index (χ1n) is 5.65. The van der Waals surface area contributed by atoms with Gasteiger partial charge in [0.2, 0.25) is 0 Å². The average molecular weight is 407 g/mol. The van der Waals surface area contributed by atoms with E-state index in [2.05, 4.69) is 6.92 Å². The fourth-order valence-electron chi connectivity index (χ4n) is 1.84. The predicted molar refractivity (Wildman–Crippen MR) is 68.9 cm³/mol. The molecule has 0 bridgehead atoms. The maximum atomic E-state index is 5.96. The van der Waals surface area contributed by atoms with Gasteiger partial charge in [0.15, 0.2) is 0 Å². The summed E-state index contributed by atoms with van der Waals surface area (Å²) in [6.45, 7) is 5.89. The number of rotatable bonds is 3. The Bertz CT molecular complexity index is 380. The molecule has 0 N–H and O–H groups in total. The molecular formula is C13H15Cl2CsO2. The van der Waals surface area contributed by atoms with Crippen molar-refractivity contribution in [2.75, 3.05) is 0 Å². The quantitative estimate of drug-likeness (QED) is 0.710. The molecule has 94 valence electrons. The summed E-state index contributed by atoms with van der Waals surface area (Å²) in [6.07, 6.45) is 0.631. The van der Waals surface area contributed by atoms with Crippen LogP contribution in [0.4, 0.5) is 0 Å². The number of ether oxygens (including phenoxy) is 2. The first-order valence-corrected chi connectivity index (χ1v) is 6.40. The van der Waals surface area contributed by atoms with Crippen LogP contribution in [-0.2, 0) is 9.47 Å². The summed E-state index contributed by atoms with van der Waals surface area (Å²) >= 11 is 11.9. The number of benzene rings is 1. The van der Waals surface area contributed by atoms with Crippen molar-refractivity contribution in [3.63, 3.8) is 0 Å². The molecular weight excluding hydrogens is 392 g/mol. The van der Waals surface area contributed by atoms with Crippen molar-refractivity contribution in [2.24, 2.45) is 5.92 Å². The number of hydrogen-bond donors (Lipinski definition) is 0. The van der Waals surface area contributed by atoms with E-state index in [1.54, 1.807) is 6.07 Å². The van der Waals surface area contributed by atoms with E-state index in [1.807, 2.05) is 25.7 Å².